The summed E-state index contributed by atoms with van der Waals surface area (Å²) in [6, 6.07) is 2.49. The van der Waals surface area contributed by atoms with Crippen molar-refractivity contribution >= 4 is 53.0 Å². The Labute approximate surface area is 149 Å². The van der Waals surface area contributed by atoms with Gasteiger partial charge in [0.1, 0.15) is 0 Å². The molecular weight excluding hydrogens is 440 g/mol. The van der Waals surface area contributed by atoms with Crippen LogP contribution < -0.4 is 8.37 Å². The van der Waals surface area contributed by atoms with Gasteiger partial charge in [0.15, 0.2) is 11.5 Å². The zero-order valence-electron chi connectivity index (χ0n) is 12.0. The van der Waals surface area contributed by atoms with Crippen molar-refractivity contribution in [3.8, 4) is 11.5 Å². The zero-order chi connectivity index (χ0) is 19.9. The quantitative estimate of drug-likeness (QED) is 0.316. The largest absolute Gasteiger partial charge is 0.383 e. The molecule has 0 radical (unpaired) electrons. The van der Waals surface area contributed by atoms with Crippen LogP contribution >= 0.6 is 0 Å². The van der Waals surface area contributed by atoms with Crippen molar-refractivity contribution in [3.63, 3.8) is 0 Å². The highest BCUT2D eigenvalue weighted by atomic mass is 32.2. The number of benzene rings is 2. The van der Waals surface area contributed by atoms with Crippen LogP contribution in [0.2, 0.25) is 0 Å². The molecule has 0 heterocycles. The fraction of sp³-hybridized carbons (Fsp3) is 0. The van der Waals surface area contributed by atoms with E-state index in [0.29, 0.717) is 24.3 Å². The molecule has 2 aromatic carbocycles. The molecular formula is C10H8O12S4. The Kier molecular flexibility index (Phi) is 5.45. The van der Waals surface area contributed by atoms with Crippen molar-refractivity contribution in [2.24, 2.45) is 0 Å². The van der Waals surface area contributed by atoms with E-state index in [1.54, 1.807) is 0 Å². The third-order valence-electron chi connectivity index (χ3n) is 2.87. The van der Waals surface area contributed by atoms with Gasteiger partial charge in [0.25, 0.3) is 42.2 Å². The molecule has 0 aromatic heterocycles. The van der Waals surface area contributed by atoms with E-state index < -0.39 is 74.3 Å². The lowest BCUT2D eigenvalue weighted by molar-refractivity contribution is 0.480. The lowest BCUT2D eigenvalue weighted by atomic mass is 10.1. The van der Waals surface area contributed by atoms with Crippen LogP contribution in [0.1, 0.15) is 0 Å². The van der Waals surface area contributed by atoms with Crippen LogP contribution in [0.3, 0.4) is 0 Å². The standard InChI is InChI=1S/C10H8O12S4/c11-23(12)21-8-3-6(25(15,16)17)1-5-2-7(26(18,19)20)4-9(10(5)8)22-24(13)14/h1-4,23-24H,(H,15,16,17)(H,18,19,20). The molecule has 0 aliphatic carbocycles. The van der Waals surface area contributed by atoms with E-state index >= 15 is 0 Å². The molecule has 0 aliphatic rings. The summed E-state index contributed by atoms with van der Waals surface area (Å²) in [7, 11) is -17.0. The lowest BCUT2D eigenvalue weighted by Gasteiger charge is -2.11. The summed E-state index contributed by atoms with van der Waals surface area (Å²) in [5.41, 5.74) is 0. The maximum absolute atomic E-state index is 11.3. The number of fused-ring (bicyclic) bond motifs is 1. The molecule has 0 fully saturated rings. The number of rotatable bonds is 6. The van der Waals surface area contributed by atoms with E-state index in [9.17, 15) is 33.7 Å². The Bertz CT molecular complexity index is 1140. The smallest absolute Gasteiger partial charge is 0.299 e. The zero-order valence-corrected chi connectivity index (χ0v) is 15.4. The van der Waals surface area contributed by atoms with Gasteiger partial charge in [0.05, 0.1) is 15.2 Å². The maximum Gasteiger partial charge on any atom is 0.299 e. The van der Waals surface area contributed by atoms with Crippen molar-refractivity contribution < 1.29 is 51.1 Å². The van der Waals surface area contributed by atoms with Crippen LogP contribution in [0, 0.1) is 0 Å². The van der Waals surface area contributed by atoms with E-state index in [2.05, 4.69) is 8.37 Å². The Balaban J connectivity index is 3.06. The Hall–Kier alpha value is -1.98. The molecule has 0 bridgehead atoms. The molecule has 16 heteroatoms. The van der Waals surface area contributed by atoms with E-state index in [4.69, 9.17) is 9.11 Å². The first kappa shape index (κ1) is 20.3. The molecule has 26 heavy (non-hydrogen) atoms. The van der Waals surface area contributed by atoms with Gasteiger partial charge in [-0.15, -0.1) is 0 Å². The van der Waals surface area contributed by atoms with Crippen LogP contribution in [0.25, 0.3) is 10.8 Å². The molecule has 0 spiro atoms. The topological polar surface area (TPSA) is 195 Å². The third-order valence-corrected chi connectivity index (χ3v) is 5.22. The van der Waals surface area contributed by atoms with Gasteiger partial charge in [-0.2, -0.15) is 33.7 Å². The molecule has 2 N–H and O–H groups in total. The Morgan fingerprint density at radius 1 is 0.692 bits per heavy atom. The van der Waals surface area contributed by atoms with Crippen LogP contribution in [0.15, 0.2) is 34.1 Å². The second-order valence-electron chi connectivity index (χ2n) is 4.52. The second kappa shape index (κ2) is 6.97. The molecule has 0 amide bonds. The summed E-state index contributed by atoms with van der Waals surface area (Å²) in [5, 5.41) is -0.864. The predicted molar refractivity (Wildman–Crippen MR) is 85.5 cm³/mol. The van der Waals surface area contributed by atoms with Gasteiger partial charge in [-0.05, 0) is 17.5 Å². The van der Waals surface area contributed by atoms with Gasteiger partial charge in [0, 0.05) is 12.1 Å². The minimum absolute atomic E-state index is 0.422. The van der Waals surface area contributed by atoms with Gasteiger partial charge >= 0.3 is 0 Å². The number of hydrogen-bond donors (Lipinski definition) is 4. The Morgan fingerprint density at radius 2 is 1.04 bits per heavy atom. The molecule has 12 nitrogen and oxygen atoms in total. The summed E-state index contributed by atoms with van der Waals surface area (Å²) < 4.78 is 116. The van der Waals surface area contributed by atoms with E-state index in [1.807, 2.05) is 0 Å². The van der Waals surface area contributed by atoms with Crippen molar-refractivity contribution in [2.45, 2.75) is 9.79 Å². The monoisotopic (exact) mass is 448 g/mol. The molecule has 2 aromatic rings. The minimum Gasteiger partial charge on any atom is -0.383 e. The van der Waals surface area contributed by atoms with Gasteiger partial charge in [-0.3, -0.25) is 9.11 Å². The predicted octanol–water partition coefficient (Wildman–Crippen LogP) is -0.856. The van der Waals surface area contributed by atoms with Gasteiger partial charge < -0.3 is 8.37 Å². The van der Waals surface area contributed by atoms with Crippen LogP contribution in [-0.2, 0) is 42.2 Å². The number of thiol groups is 2. The third kappa shape index (κ3) is 4.59. The first-order chi connectivity index (χ1) is 11.8. The number of hydrogen-bond acceptors (Lipinski definition) is 10. The molecule has 0 unspecified atom stereocenters. The summed E-state index contributed by atoms with van der Waals surface area (Å²) in [5.74, 6) is -1.53. The molecule has 0 aliphatic heterocycles. The first-order valence-corrected chi connectivity index (χ1v) is 11.1. The average molecular weight is 448 g/mol. The fourth-order valence-corrected chi connectivity index (χ4v) is 3.66. The van der Waals surface area contributed by atoms with E-state index in [1.165, 1.54) is 0 Å². The summed E-state index contributed by atoms with van der Waals surface area (Å²) in [4.78, 5) is -1.77. The maximum atomic E-state index is 11.3. The van der Waals surface area contributed by atoms with E-state index in [-0.39, 0.29) is 0 Å². The highest BCUT2D eigenvalue weighted by Crippen LogP contribution is 2.38. The molecule has 0 atom stereocenters. The normalized spacial score (nSPS) is 12.6. The van der Waals surface area contributed by atoms with Crippen molar-refractivity contribution in [3.05, 3.63) is 24.3 Å². The lowest BCUT2D eigenvalue weighted by Crippen LogP contribution is -2.04. The summed E-state index contributed by atoms with van der Waals surface area (Å²) >= 11 is 0. The van der Waals surface area contributed by atoms with Crippen molar-refractivity contribution in [2.75, 3.05) is 0 Å². The van der Waals surface area contributed by atoms with Gasteiger partial charge in [0.2, 0.25) is 0 Å². The molecule has 2 rings (SSSR count). The van der Waals surface area contributed by atoms with Gasteiger partial charge in [-0.25, -0.2) is 0 Å². The molecule has 0 saturated carbocycles. The van der Waals surface area contributed by atoms with Crippen LogP contribution in [0.5, 0.6) is 11.5 Å². The highest BCUT2D eigenvalue weighted by molar-refractivity contribution is 7.86. The highest BCUT2D eigenvalue weighted by Gasteiger charge is 2.22. The van der Waals surface area contributed by atoms with Crippen molar-refractivity contribution in [1.29, 1.82) is 0 Å². The van der Waals surface area contributed by atoms with Crippen LogP contribution in [-0.4, -0.2) is 42.8 Å². The average Bonchev–Trinajstić information content (AvgIpc) is 2.43. The fourth-order valence-electron chi connectivity index (χ4n) is 1.99. The molecule has 144 valence electrons. The van der Waals surface area contributed by atoms with Gasteiger partial charge in [-0.1, -0.05) is 0 Å². The van der Waals surface area contributed by atoms with Crippen LogP contribution in [0.4, 0.5) is 0 Å². The second-order valence-corrected chi connectivity index (χ2v) is 8.62. The minimum atomic E-state index is -4.89. The summed E-state index contributed by atoms with van der Waals surface area (Å²) in [6.07, 6.45) is 0. The summed E-state index contributed by atoms with van der Waals surface area (Å²) in [6.45, 7) is 0. The SMILES string of the molecule is O=[SH](=O)Oc1cc(S(=O)(=O)O)cc2cc(S(=O)(=O)O)cc(O[SH](=O)=O)c12. The Morgan fingerprint density at radius 3 is 1.31 bits per heavy atom. The first-order valence-electron chi connectivity index (χ1n) is 6.00. The molecule has 0 saturated heterocycles. The van der Waals surface area contributed by atoms with E-state index in [0.717, 1.165) is 0 Å². The van der Waals surface area contributed by atoms with Crippen molar-refractivity contribution in [1.82, 2.24) is 0 Å².